The van der Waals surface area contributed by atoms with Gasteiger partial charge in [0.2, 0.25) is 0 Å². The normalized spacial score (nSPS) is 30.8. The number of piperazine rings is 1. The molecule has 0 unspecified atom stereocenters. The van der Waals surface area contributed by atoms with Crippen molar-refractivity contribution in [1.82, 2.24) is 30.2 Å². The molecule has 0 saturated carbocycles. The third-order valence-electron chi connectivity index (χ3n) is 10.8. The lowest BCUT2D eigenvalue weighted by Crippen LogP contribution is -2.59. The van der Waals surface area contributed by atoms with Gasteiger partial charge in [-0.25, -0.2) is 18.7 Å². The van der Waals surface area contributed by atoms with E-state index in [2.05, 4.69) is 37.0 Å². The topological polar surface area (TPSA) is 105 Å². The Morgan fingerprint density at radius 1 is 1.13 bits per heavy atom. The summed E-state index contributed by atoms with van der Waals surface area (Å²) in [6.07, 6.45) is -0.571. The fourth-order valence-electron chi connectivity index (χ4n) is 8.91. The highest BCUT2D eigenvalue weighted by atomic mass is 19.4. The quantitative estimate of drug-likeness (QED) is 0.381. The fourth-order valence-corrected chi connectivity index (χ4v) is 8.91. The molecule has 6 atom stereocenters. The van der Waals surface area contributed by atoms with Crippen molar-refractivity contribution in [1.29, 1.82) is 0 Å². The summed E-state index contributed by atoms with van der Waals surface area (Å²) in [7, 11) is 0. The van der Waals surface area contributed by atoms with Gasteiger partial charge >= 0.3 is 12.2 Å². The van der Waals surface area contributed by atoms with Gasteiger partial charge in [-0.1, -0.05) is 6.92 Å². The third kappa shape index (κ3) is 4.77. The molecular weight excluding hydrogens is 607 g/mol. The molecule has 5 aliphatic heterocycles. The van der Waals surface area contributed by atoms with E-state index >= 15 is 4.39 Å². The number of aromatic nitrogens is 4. The number of nitrogen functional groups attached to an aromatic ring is 1. The Labute approximate surface area is 263 Å². The van der Waals surface area contributed by atoms with E-state index in [0.29, 0.717) is 42.8 Å². The summed E-state index contributed by atoms with van der Waals surface area (Å²) in [5.74, 6) is -0.645. The van der Waals surface area contributed by atoms with Gasteiger partial charge in [-0.15, -0.1) is 0 Å². The minimum Gasteiger partial charge on any atom is -0.461 e. The van der Waals surface area contributed by atoms with Crippen LogP contribution in [0.4, 0.5) is 33.6 Å². The van der Waals surface area contributed by atoms with Crippen molar-refractivity contribution in [2.75, 3.05) is 36.9 Å². The van der Waals surface area contributed by atoms with Gasteiger partial charge < -0.3 is 20.7 Å². The Morgan fingerprint density at radius 3 is 2.76 bits per heavy atom. The number of nitrogens with two attached hydrogens (primary N) is 1. The lowest BCUT2D eigenvalue weighted by Gasteiger charge is -2.44. The van der Waals surface area contributed by atoms with E-state index in [9.17, 15) is 17.6 Å². The number of fused-ring (bicyclic) bond motifs is 6. The van der Waals surface area contributed by atoms with Crippen molar-refractivity contribution in [3.05, 3.63) is 28.7 Å². The SMILES string of the molecule is Cc1cc(N)nc(-c2nc3c4c(nc(OC[C@@]56CCCN5C[C@H](F)C6)nc4c2F)N2C[C@H]4CC[C@H](N4)[C@H]2C[C@H](C)C3)c1C(F)(F)F. The fraction of sp³-hybridized carbons (Fsp3) is 0.625. The van der Waals surface area contributed by atoms with Crippen molar-refractivity contribution in [3.63, 3.8) is 0 Å². The number of nitrogens with zero attached hydrogens (tertiary/aromatic N) is 6. The number of pyridine rings is 2. The standard InChI is InChI=1S/C32H37F5N8O/c1-15-8-20-23-26(25(34)28(40-20)27-24(32(35,36)37)16(2)10-22(38)41-27)42-30(46-14-31-6-3-7-44(31)12-17(33)11-31)43-29(23)45-13-18-4-5-19(39-18)21(45)9-15/h10,15,17-19,21,39H,3-9,11-14H2,1-2H3,(H2,38,41)/t15-,17-,18-,19+,21-,31+/m1/s1. The van der Waals surface area contributed by atoms with Crippen LogP contribution in [0.2, 0.25) is 0 Å². The molecule has 2 bridgehead atoms. The number of anilines is 2. The lowest BCUT2D eigenvalue weighted by atomic mass is 9.87. The van der Waals surface area contributed by atoms with E-state index < -0.39 is 40.7 Å². The molecule has 3 aromatic heterocycles. The zero-order valence-corrected chi connectivity index (χ0v) is 25.8. The maximum Gasteiger partial charge on any atom is 0.418 e. The molecule has 4 saturated heterocycles. The Morgan fingerprint density at radius 2 is 1.96 bits per heavy atom. The van der Waals surface area contributed by atoms with Crippen LogP contribution >= 0.6 is 0 Å². The molecule has 3 aromatic rings. The van der Waals surface area contributed by atoms with Gasteiger partial charge in [-0.2, -0.15) is 23.1 Å². The molecule has 0 spiro atoms. The van der Waals surface area contributed by atoms with E-state index in [0.717, 1.165) is 44.7 Å². The van der Waals surface area contributed by atoms with Crippen LogP contribution in [-0.4, -0.2) is 80.9 Å². The number of halogens is 5. The van der Waals surface area contributed by atoms with E-state index in [1.807, 2.05) is 0 Å². The Hall–Kier alpha value is -3.39. The van der Waals surface area contributed by atoms with Gasteiger partial charge in [-0.3, -0.25) is 4.90 Å². The maximum atomic E-state index is 16.9. The number of hydrogen-bond acceptors (Lipinski definition) is 9. The van der Waals surface area contributed by atoms with E-state index in [1.165, 1.54) is 6.92 Å². The minimum atomic E-state index is -4.83. The monoisotopic (exact) mass is 644 g/mol. The zero-order chi connectivity index (χ0) is 32.1. The highest BCUT2D eigenvalue weighted by Crippen LogP contribution is 2.45. The molecule has 46 heavy (non-hydrogen) atoms. The van der Waals surface area contributed by atoms with Crippen LogP contribution in [0.25, 0.3) is 22.3 Å². The largest absolute Gasteiger partial charge is 0.461 e. The highest BCUT2D eigenvalue weighted by molar-refractivity contribution is 5.95. The van der Waals surface area contributed by atoms with Crippen LogP contribution in [-0.2, 0) is 12.6 Å². The zero-order valence-electron chi connectivity index (χ0n) is 25.8. The number of alkyl halides is 4. The summed E-state index contributed by atoms with van der Waals surface area (Å²) in [5, 5.41) is 4.10. The van der Waals surface area contributed by atoms with E-state index in [4.69, 9.17) is 15.5 Å². The first-order valence-electron chi connectivity index (χ1n) is 16.2. The van der Waals surface area contributed by atoms with Gasteiger partial charge in [0, 0.05) is 37.6 Å². The van der Waals surface area contributed by atoms with Gasteiger partial charge in [0.05, 0.1) is 22.2 Å². The first kappa shape index (κ1) is 30.0. The molecule has 4 fully saturated rings. The van der Waals surface area contributed by atoms with Crippen LogP contribution in [0, 0.1) is 18.7 Å². The second-order valence-corrected chi connectivity index (χ2v) is 14.0. The van der Waals surface area contributed by atoms with Crippen LogP contribution in [0.1, 0.15) is 62.3 Å². The molecule has 8 heterocycles. The smallest absolute Gasteiger partial charge is 0.418 e. The summed E-state index contributed by atoms with van der Waals surface area (Å²) in [5.41, 5.74) is 3.17. The molecule has 3 N–H and O–H groups in total. The number of aryl methyl sites for hydroxylation is 1. The summed E-state index contributed by atoms with van der Waals surface area (Å²) >= 11 is 0. The van der Waals surface area contributed by atoms with Gasteiger partial charge in [0.1, 0.15) is 41.3 Å². The summed E-state index contributed by atoms with van der Waals surface area (Å²) < 4.78 is 80.8. The van der Waals surface area contributed by atoms with Crippen molar-refractivity contribution in [2.24, 2.45) is 5.92 Å². The van der Waals surface area contributed by atoms with Crippen molar-refractivity contribution in [2.45, 2.75) is 94.8 Å². The predicted molar refractivity (Wildman–Crippen MR) is 162 cm³/mol. The molecule has 14 heteroatoms. The average Bonchev–Trinajstić information content (AvgIpc) is 3.64. The second kappa shape index (κ2) is 10.6. The molecule has 9 nitrogen and oxygen atoms in total. The molecule has 0 aromatic carbocycles. The third-order valence-corrected chi connectivity index (χ3v) is 10.8. The molecule has 0 aliphatic carbocycles. The van der Waals surface area contributed by atoms with Crippen LogP contribution in [0.15, 0.2) is 6.07 Å². The van der Waals surface area contributed by atoms with Crippen molar-refractivity contribution >= 4 is 22.5 Å². The Kier molecular flexibility index (Phi) is 6.88. The Bertz CT molecular complexity index is 1720. The number of rotatable bonds is 4. The van der Waals surface area contributed by atoms with Crippen molar-refractivity contribution < 1.29 is 26.7 Å². The number of nitrogens with one attached hydrogen (secondary N) is 1. The number of ether oxygens (including phenoxy) is 1. The second-order valence-electron chi connectivity index (χ2n) is 14.0. The minimum absolute atomic E-state index is 0.0803. The van der Waals surface area contributed by atoms with Gasteiger partial charge in [0.25, 0.3) is 0 Å². The van der Waals surface area contributed by atoms with Crippen LogP contribution in [0.3, 0.4) is 0 Å². The molecule has 8 rings (SSSR count). The molecule has 246 valence electrons. The van der Waals surface area contributed by atoms with Crippen molar-refractivity contribution in [3.8, 4) is 17.4 Å². The summed E-state index contributed by atoms with van der Waals surface area (Å²) in [6, 6.07) is 1.57. The Balaban J connectivity index is 1.33. The van der Waals surface area contributed by atoms with E-state index in [-0.39, 0.29) is 53.6 Å². The molecular formula is C32H37F5N8O. The lowest BCUT2D eigenvalue weighted by molar-refractivity contribution is -0.137. The number of hydrogen-bond donors (Lipinski definition) is 2. The highest BCUT2D eigenvalue weighted by Gasteiger charge is 2.50. The first-order chi connectivity index (χ1) is 21.9. The van der Waals surface area contributed by atoms with Gasteiger partial charge in [-0.05, 0) is 69.5 Å². The maximum absolute atomic E-state index is 16.9. The summed E-state index contributed by atoms with van der Waals surface area (Å²) in [6.45, 7) is 5.24. The van der Waals surface area contributed by atoms with Crippen LogP contribution < -0.4 is 20.7 Å². The van der Waals surface area contributed by atoms with E-state index in [1.54, 1.807) is 0 Å². The predicted octanol–water partition coefficient (Wildman–Crippen LogP) is 4.98. The summed E-state index contributed by atoms with van der Waals surface area (Å²) in [4.78, 5) is 22.3. The molecule has 0 radical (unpaired) electrons. The molecule has 0 amide bonds. The first-order valence-corrected chi connectivity index (χ1v) is 16.2. The average molecular weight is 645 g/mol. The van der Waals surface area contributed by atoms with Crippen LogP contribution in [0.5, 0.6) is 6.01 Å². The van der Waals surface area contributed by atoms with Gasteiger partial charge in [0.15, 0.2) is 5.82 Å². The molecule has 5 aliphatic rings.